The molecule has 0 N–H and O–H groups in total. The van der Waals surface area contributed by atoms with Crippen molar-refractivity contribution in [3.05, 3.63) is 21.4 Å². The number of rotatable bonds is 7. The van der Waals surface area contributed by atoms with Crippen LogP contribution in [0.15, 0.2) is 31.4 Å². The van der Waals surface area contributed by atoms with E-state index in [-0.39, 0.29) is 27.2 Å². The number of hydrogen-bond acceptors (Lipinski definition) is 4. The van der Waals surface area contributed by atoms with Crippen molar-refractivity contribution in [3.8, 4) is 0 Å². The molecule has 0 spiro atoms. The van der Waals surface area contributed by atoms with Gasteiger partial charge in [-0.15, -0.1) is 0 Å². The Kier molecular flexibility index (Phi) is 6.09. The monoisotopic (exact) mass is 399 g/mol. The van der Waals surface area contributed by atoms with E-state index < -0.39 is 0 Å². The number of fused-ring (bicyclic) bond motifs is 1. The van der Waals surface area contributed by atoms with Crippen molar-refractivity contribution in [2.24, 2.45) is 27.7 Å². The Balaban J connectivity index is 1.77. The number of halogens is 1. The van der Waals surface area contributed by atoms with Crippen LogP contribution in [0.25, 0.3) is 0 Å². The number of alkyl halides is 1. The summed E-state index contributed by atoms with van der Waals surface area (Å²) in [4.78, 5) is 27.9. The first-order valence-corrected chi connectivity index (χ1v) is 9.87. The summed E-state index contributed by atoms with van der Waals surface area (Å²) in [5.41, 5.74) is 0.747. The van der Waals surface area contributed by atoms with E-state index in [1.165, 1.54) is 4.43 Å². The second kappa shape index (κ2) is 7.83. The van der Waals surface area contributed by atoms with Crippen LogP contribution in [0.5, 0.6) is 0 Å². The summed E-state index contributed by atoms with van der Waals surface area (Å²) in [5, 5.41) is 0. The average molecular weight is 399 g/mol. The third-order valence-corrected chi connectivity index (χ3v) is 7.29. The number of isocyanates is 2. The zero-order valence-electron chi connectivity index (χ0n) is 12.4. The van der Waals surface area contributed by atoms with Gasteiger partial charge in [-0.1, -0.05) is 0 Å². The standard InChI is InChI=1S/C16H20IN2O2/c1-11(4-3-5-12(2)18-9-20)6-13-7-14-15(8-17-13)16(14)19-10-21/h5,7,11,14-16H,3-4,6,8H2,1-2H3/q-1/b12-5+/t11?,14-,15-,16?/m1/s1. The van der Waals surface area contributed by atoms with Crippen LogP contribution in [0.1, 0.15) is 33.1 Å². The van der Waals surface area contributed by atoms with E-state index in [9.17, 15) is 9.59 Å². The Labute approximate surface area is 135 Å². The Morgan fingerprint density at radius 1 is 1.52 bits per heavy atom. The normalized spacial score (nSPS) is 29.0. The molecule has 1 aliphatic heterocycles. The zero-order valence-corrected chi connectivity index (χ0v) is 14.5. The SMILES string of the molecule is C/C(=C\CCC(C)CC1=C[C@H]2C(N=C=O)[C@@H]2C[I-]1)N=C=O. The maximum atomic E-state index is 10.3. The summed E-state index contributed by atoms with van der Waals surface area (Å²) < 4.78 is 2.89. The molecule has 0 bridgehead atoms. The van der Waals surface area contributed by atoms with Gasteiger partial charge in [0.25, 0.3) is 0 Å². The van der Waals surface area contributed by atoms with E-state index in [2.05, 4.69) is 23.0 Å². The summed E-state index contributed by atoms with van der Waals surface area (Å²) in [5.74, 6) is 1.81. The van der Waals surface area contributed by atoms with Crippen LogP contribution in [-0.4, -0.2) is 22.6 Å². The van der Waals surface area contributed by atoms with Gasteiger partial charge in [0, 0.05) is 0 Å². The van der Waals surface area contributed by atoms with Crippen molar-refractivity contribution in [1.82, 2.24) is 0 Å². The molecule has 0 saturated heterocycles. The third kappa shape index (κ3) is 4.73. The molecule has 2 unspecified atom stereocenters. The molecule has 0 aromatic carbocycles. The van der Waals surface area contributed by atoms with Crippen LogP contribution in [0, 0.1) is 17.8 Å². The Bertz CT molecular complexity index is 542. The third-order valence-electron chi connectivity index (χ3n) is 4.05. The molecule has 114 valence electrons. The van der Waals surface area contributed by atoms with Gasteiger partial charge in [0.15, 0.2) is 0 Å². The second-order valence-corrected chi connectivity index (χ2v) is 8.82. The fourth-order valence-corrected chi connectivity index (χ4v) is 6.65. The maximum absolute atomic E-state index is 10.3. The van der Waals surface area contributed by atoms with Crippen molar-refractivity contribution >= 4 is 12.2 Å². The first-order valence-electron chi connectivity index (χ1n) is 7.27. The van der Waals surface area contributed by atoms with E-state index in [4.69, 9.17) is 0 Å². The summed E-state index contributed by atoms with van der Waals surface area (Å²) in [7, 11) is 0. The molecule has 4 atom stereocenters. The van der Waals surface area contributed by atoms with E-state index in [1.807, 2.05) is 13.0 Å². The van der Waals surface area contributed by atoms with Gasteiger partial charge in [-0.2, -0.15) is 0 Å². The first kappa shape index (κ1) is 16.3. The van der Waals surface area contributed by atoms with Gasteiger partial charge in [0.05, 0.1) is 0 Å². The Hall–Kier alpha value is -1.03. The predicted molar refractivity (Wildman–Crippen MR) is 76.7 cm³/mol. The molecule has 1 saturated carbocycles. The Morgan fingerprint density at radius 2 is 2.33 bits per heavy atom. The Morgan fingerprint density at radius 3 is 3.05 bits per heavy atom. The fourth-order valence-electron chi connectivity index (χ4n) is 2.73. The number of nitrogens with zero attached hydrogens (tertiary/aromatic N) is 2. The van der Waals surface area contributed by atoms with Gasteiger partial charge in [-0.25, -0.2) is 0 Å². The van der Waals surface area contributed by atoms with Crippen LogP contribution in [0.2, 0.25) is 0 Å². The van der Waals surface area contributed by atoms with Crippen LogP contribution in [0.3, 0.4) is 0 Å². The molecule has 1 heterocycles. The van der Waals surface area contributed by atoms with Crippen molar-refractivity contribution in [2.75, 3.05) is 4.43 Å². The average Bonchev–Trinajstić information content (AvgIpc) is 3.12. The quantitative estimate of drug-likeness (QED) is 0.261. The molecule has 4 nitrogen and oxygen atoms in total. The molecule has 0 aromatic heterocycles. The van der Waals surface area contributed by atoms with Gasteiger partial charge >= 0.3 is 136 Å². The zero-order chi connectivity index (χ0) is 15.2. The van der Waals surface area contributed by atoms with Crippen molar-refractivity contribution < 1.29 is 30.8 Å². The molecular formula is C16H20IN2O2-. The molecular weight excluding hydrogens is 379 g/mol. The number of hydrogen-bond donors (Lipinski definition) is 0. The molecule has 2 rings (SSSR count). The molecule has 0 aromatic rings. The minimum atomic E-state index is 0.129. The van der Waals surface area contributed by atoms with E-state index in [1.54, 1.807) is 15.7 Å². The molecule has 0 amide bonds. The van der Waals surface area contributed by atoms with E-state index >= 15 is 0 Å². The fraction of sp³-hybridized carbons (Fsp3) is 0.625. The first-order chi connectivity index (χ1) is 10.2. The van der Waals surface area contributed by atoms with Crippen molar-refractivity contribution in [1.29, 1.82) is 0 Å². The van der Waals surface area contributed by atoms with Crippen LogP contribution in [-0.2, 0) is 9.59 Å². The number of aliphatic imine (C=N–C) groups is 2. The van der Waals surface area contributed by atoms with Gasteiger partial charge in [-0.05, 0) is 0 Å². The molecule has 0 radical (unpaired) electrons. The van der Waals surface area contributed by atoms with Gasteiger partial charge in [-0.3, -0.25) is 0 Å². The minimum absolute atomic E-state index is 0.129. The van der Waals surface area contributed by atoms with Crippen molar-refractivity contribution in [2.45, 2.75) is 39.2 Å². The van der Waals surface area contributed by atoms with Crippen molar-refractivity contribution in [3.63, 3.8) is 0 Å². The van der Waals surface area contributed by atoms with Gasteiger partial charge < -0.3 is 0 Å². The molecule has 21 heavy (non-hydrogen) atoms. The summed E-state index contributed by atoms with van der Waals surface area (Å²) in [6.07, 6.45) is 10.9. The molecule has 2 aliphatic rings. The molecule has 1 aliphatic carbocycles. The number of allylic oxidation sites excluding steroid dienone is 3. The summed E-state index contributed by atoms with van der Waals surface area (Å²) in [6.45, 7) is 4.10. The molecule has 5 heteroatoms. The predicted octanol–water partition coefficient (Wildman–Crippen LogP) is -0.0307. The van der Waals surface area contributed by atoms with E-state index in [0.717, 1.165) is 25.0 Å². The second-order valence-electron chi connectivity index (χ2n) is 5.79. The van der Waals surface area contributed by atoms with Crippen LogP contribution < -0.4 is 21.2 Å². The van der Waals surface area contributed by atoms with Gasteiger partial charge in [0.1, 0.15) is 0 Å². The van der Waals surface area contributed by atoms with E-state index in [0.29, 0.717) is 17.8 Å². The van der Waals surface area contributed by atoms with Crippen LogP contribution >= 0.6 is 0 Å². The topological polar surface area (TPSA) is 58.9 Å². The number of carbonyl (C=O) groups excluding carboxylic acids is 2. The molecule has 1 fully saturated rings. The van der Waals surface area contributed by atoms with Gasteiger partial charge in [0.2, 0.25) is 0 Å². The summed E-state index contributed by atoms with van der Waals surface area (Å²) in [6, 6.07) is 0.238. The van der Waals surface area contributed by atoms with Crippen LogP contribution in [0.4, 0.5) is 0 Å². The summed E-state index contributed by atoms with van der Waals surface area (Å²) >= 11 is 0.129.